The van der Waals surface area contributed by atoms with E-state index in [9.17, 15) is 0 Å². The van der Waals surface area contributed by atoms with Crippen molar-refractivity contribution in [1.82, 2.24) is 20.4 Å². The van der Waals surface area contributed by atoms with Gasteiger partial charge in [-0.05, 0) is 33.0 Å². The van der Waals surface area contributed by atoms with Crippen LogP contribution in [0.4, 0.5) is 6.01 Å². The van der Waals surface area contributed by atoms with Crippen LogP contribution in [0.15, 0.2) is 4.42 Å². The van der Waals surface area contributed by atoms with Crippen LogP contribution >= 0.6 is 0 Å². The standard InChI is InChI=1S/C13H25N5O/c1-14-11-12-15-16-13(19-12)17(2)9-10-18-7-5-3-4-6-8-18/h14H,3-11H2,1-2H3. The third-order valence-electron chi connectivity index (χ3n) is 3.56. The smallest absolute Gasteiger partial charge is 0.317 e. The Morgan fingerprint density at radius 3 is 2.63 bits per heavy atom. The van der Waals surface area contributed by atoms with Gasteiger partial charge in [-0.1, -0.05) is 17.9 Å². The maximum atomic E-state index is 5.57. The lowest BCUT2D eigenvalue weighted by atomic mass is 10.2. The zero-order valence-corrected chi connectivity index (χ0v) is 12.1. The molecule has 1 aliphatic heterocycles. The molecule has 1 N–H and O–H groups in total. The highest BCUT2D eigenvalue weighted by Gasteiger charge is 2.13. The van der Waals surface area contributed by atoms with E-state index in [0.717, 1.165) is 13.1 Å². The predicted molar refractivity (Wildman–Crippen MR) is 75.2 cm³/mol. The third-order valence-corrected chi connectivity index (χ3v) is 3.56. The number of aromatic nitrogens is 2. The van der Waals surface area contributed by atoms with Crippen molar-refractivity contribution in [1.29, 1.82) is 0 Å². The summed E-state index contributed by atoms with van der Waals surface area (Å²) in [5.74, 6) is 0.638. The maximum Gasteiger partial charge on any atom is 0.317 e. The van der Waals surface area contributed by atoms with Crippen LogP contribution in [0, 0.1) is 0 Å². The fraction of sp³-hybridized carbons (Fsp3) is 0.846. The van der Waals surface area contributed by atoms with E-state index in [1.54, 1.807) is 0 Å². The van der Waals surface area contributed by atoms with Gasteiger partial charge in [-0.15, -0.1) is 5.10 Å². The largest absolute Gasteiger partial charge is 0.407 e. The first kappa shape index (κ1) is 14.3. The van der Waals surface area contributed by atoms with E-state index in [1.807, 2.05) is 19.0 Å². The average Bonchev–Trinajstić information content (AvgIpc) is 2.72. The van der Waals surface area contributed by atoms with Crippen LogP contribution in [0.2, 0.25) is 0 Å². The number of nitrogens with one attached hydrogen (secondary N) is 1. The number of nitrogens with zero attached hydrogens (tertiary/aromatic N) is 4. The van der Waals surface area contributed by atoms with Crippen molar-refractivity contribution < 1.29 is 4.42 Å². The first-order chi connectivity index (χ1) is 9.29. The van der Waals surface area contributed by atoms with Crippen molar-refractivity contribution in [3.05, 3.63) is 5.89 Å². The van der Waals surface area contributed by atoms with E-state index in [0.29, 0.717) is 18.5 Å². The molecule has 2 heterocycles. The predicted octanol–water partition coefficient (Wildman–Crippen LogP) is 1.10. The number of rotatable bonds is 6. The topological polar surface area (TPSA) is 57.4 Å². The van der Waals surface area contributed by atoms with Gasteiger partial charge >= 0.3 is 6.01 Å². The summed E-state index contributed by atoms with van der Waals surface area (Å²) in [5, 5.41) is 11.1. The van der Waals surface area contributed by atoms with Gasteiger partial charge in [0.1, 0.15) is 0 Å². The Balaban J connectivity index is 1.77. The Labute approximate surface area is 115 Å². The van der Waals surface area contributed by atoms with Crippen LogP contribution in [0.25, 0.3) is 0 Å². The summed E-state index contributed by atoms with van der Waals surface area (Å²) in [5.41, 5.74) is 0. The summed E-state index contributed by atoms with van der Waals surface area (Å²) in [6.45, 7) is 5.07. The molecule has 0 aliphatic carbocycles. The molecular formula is C13H25N5O. The van der Waals surface area contributed by atoms with Gasteiger partial charge in [-0.2, -0.15) is 0 Å². The molecule has 0 saturated carbocycles. The molecule has 0 unspecified atom stereocenters. The van der Waals surface area contributed by atoms with Gasteiger partial charge < -0.3 is 19.5 Å². The molecule has 0 amide bonds. The third kappa shape index (κ3) is 4.47. The minimum absolute atomic E-state index is 0.611. The lowest BCUT2D eigenvalue weighted by Crippen LogP contribution is -2.34. The van der Waals surface area contributed by atoms with E-state index >= 15 is 0 Å². The molecule has 1 aliphatic rings. The Kier molecular flexibility index (Phi) is 5.60. The zero-order valence-electron chi connectivity index (χ0n) is 12.1. The van der Waals surface area contributed by atoms with E-state index in [-0.39, 0.29) is 0 Å². The second kappa shape index (κ2) is 7.45. The van der Waals surface area contributed by atoms with Crippen LogP contribution in [0.1, 0.15) is 31.6 Å². The van der Waals surface area contributed by atoms with E-state index in [4.69, 9.17) is 4.42 Å². The Morgan fingerprint density at radius 2 is 1.95 bits per heavy atom. The van der Waals surface area contributed by atoms with Crippen LogP contribution in [-0.2, 0) is 6.54 Å². The van der Waals surface area contributed by atoms with Crippen LogP contribution in [0.3, 0.4) is 0 Å². The number of hydrogen-bond donors (Lipinski definition) is 1. The first-order valence-electron chi connectivity index (χ1n) is 7.20. The molecular weight excluding hydrogens is 242 g/mol. The van der Waals surface area contributed by atoms with Crippen molar-refractivity contribution in [2.45, 2.75) is 32.2 Å². The van der Waals surface area contributed by atoms with Gasteiger partial charge in [0.2, 0.25) is 5.89 Å². The second-order valence-corrected chi connectivity index (χ2v) is 5.19. The van der Waals surface area contributed by atoms with Crippen LogP contribution in [0.5, 0.6) is 0 Å². The summed E-state index contributed by atoms with van der Waals surface area (Å²) < 4.78 is 5.57. The van der Waals surface area contributed by atoms with Gasteiger partial charge in [-0.3, -0.25) is 0 Å². The Bertz CT molecular complexity index is 360. The monoisotopic (exact) mass is 267 g/mol. The number of likely N-dealkylation sites (tertiary alicyclic amines) is 1. The molecule has 0 aromatic carbocycles. The summed E-state index contributed by atoms with van der Waals surface area (Å²) in [7, 11) is 3.88. The van der Waals surface area contributed by atoms with Crippen molar-refractivity contribution in [3.63, 3.8) is 0 Å². The second-order valence-electron chi connectivity index (χ2n) is 5.19. The SMILES string of the molecule is CNCc1nnc(N(C)CCN2CCCCCC2)o1. The first-order valence-corrected chi connectivity index (χ1v) is 7.20. The maximum absolute atomic E-state index is 5.57. The van der Waals surface area contributed by atoms with Gasteiger partial charge in [-0.25, -0.2) is 0 Å². The van der Waals surface area contributed by atoms with Crippen LogP contribution in [-0.4, -0.2) is 55.4 Å². The molecule has 6 nitrogen and oxygen atoms in total. The average molecular weight is 267 g/mol. The molecule has 0 atom stereocenters. The minimum atomic E-state index is 0.611. The summed E-state index contributed by atoms with van der Waals surface area (Å²) in [6.07, 6.45) is 5.42. The highest BCUT2D eigenvalue weighted by atomic mass is 16.4. The van der Waals surface area contributed by atoms with Gasteiger partial charge in [0.15, 0.2) is 0 Å². The molecule has 0 spiro atoms. The fourth-order valence-electron chi connectivity index (χ4n) is 2.37. The van der Waals surface area contributed by atoms with Crippen molar-refractivity contribution >= 4 is 6.01 Å². The summed E-state index contributed by atoms with van der Waals surface area (Å²) in [6, 6.07) is 0.611. The van der Waals surface area contributed by atoms with E-state index in [2.05, 4.69) is 20.4 Å². The number of hydrogen-bond acceptors (Lipinski definition) is 6. The molecule has 1 aromatic rings. The molecule has 2 rings (SSSR count). The quantitative estimate of drug-likeness (QED) is 0.833. The highest BCUT2D eigenvalue weighted by molar-refractivity contribution is 5.21. The van der Waals surface area contributed by atoms with Crippen LogP contribution < -0.4 is 10.2 Å². The molecule has 108 valence electrons. The van der Waals surface area contributed by atoms with Gasteiger partial charge in [0.05, 0.1) is 6.54 Å². The lowest BCUT2D eigenvalue weighted by Gasteiger charge is -2.22. The molecule has 19 heavy (non-hydrogen) atoms. The minimum Gasteiger partial charge on any atom is -0.407 e. The van der Waals surface area contributed by atoms with Gasteiger partial charge in [0, 0.05) is 20.1 Å². The molecule has 1 aromatic heterocycles. The number of anilines is 1. The zero-order chi connectivity index (χ0) is 13.5. The molecule has 1 saturated heterocycles. The van der Waals surface area contributed by atoms with E-state index < -0.39 is 0 Å². The molecule has 0 radical (unpaired) electrons. The Morgan fingerprint density at radius 1 is 1.21 bits per heavy atom. The molecule has 0 bridgehead atoms. The van der Waals surface area contributed by atoms with Crippen molar-refractivity contribution in [2.75, 3.05) is 45.2 Å². The fourth-order valence-corrected chi connectivity index (χ4v) is 2.37. The van der Waals surface area contributed by atoms with Crippen molar-refractivity contribution in [3.8, 4) is 0 Å². The summed E-state index contributed by atoms with van der Waals surface area (Å²) >= 11 is 0. The highest BCUT2D eigenvalue weighted by Crippen LogP contribution is 2.12. The van der Waals surface area contributed by atoms with Gasteiger partial charge in [0.25, 0.3) is 0 Å². The Hall–Kier alpha value is -1.14. The van der Waals surface area contributed by atoms with E-state index in [1.165, 1.54) is 38.8 Å². The lowest BCUT2D eigenvalue weighted by molar-refractivity contribution is 0.290. The normalized spacial score (nSPS) is 17.4. The molecule has 6 heteroatoms. The molecule has 1 fully saturated rings. The number of likely N-dealkylation sites (N-methyl/N-ethyl adjacent to an activating group) is 1. The van der Waals surface area contributed by atoms with Crippen molar-refractivity contribution in [2.24, 2.45) is 0 Å². The summed E-state index contributed by atoms with van der Waals surface area (Å²) in [4.78, 5) is 4.57.